The molecule has 2 atom stereocenters. The Bertz CT molecular complexity index is 783. The fourth-order valence-electron chi connectivity index (χ4n) is 2.73. The van der Waals surface area contributed by atoms with Gasteiger partial charge in [0.05, 0.1) is 19.8 Å². The Morgan fingerprint density at radius 2 is 1.86 bits per heavy atom. The molecule has 8 heteroatoms. The van der Waals surface area contributed by atoms with Crippen LogP contribution in [0.4, 0.5) is 0 Å². The molecule has 1 aromatic carbocycles. The van der Waals surface area contributed by atoms with Gasteiger partial charge in [-0.1, -0.05) is 36.9 Å². The maximum atomic E-state index is 12.7. The SMILES string of the molecule is C=C(COCc1ccccc1)[C@H]1OC(C)(C)O[C@H]1C(=O)C(=[N+]=[N-])C(=O)OCC. The number of hydrogen-bond donors (Lipinski definition) is 0. The van der Waals surface area contributed by atoms with Crippen molar-refractivity contribution in [1.82, 2.24) is 0 Å². The highest BCUT2D eigenvalue weighted by Crippen LogP contribution is 2.32. The van der Waals surface area contributed by atoms with Gasteiger partial charge >= 0.3 is 11.7 Å². The number of ketones is 1. The Hall–Kier alpha value is -2.64. The van der Waals surface area contributed by atoms with E-state index in [0.29, 0.717) is 12.2 Å². The Morgan fingerprint density at radius 1 is 1.21 bits per heavy atom. The molecule has 1 saturated heterocycles. The Balaban J connectivity index is 2.07. The van der Waals surface area contributed by atoms with Gasteiger partial charge in [-0.2, -0.15) is 4.79 Å². The Morgan fingerprint density at radius 3 is 2.46 bits per heavy atom. The van der Waals surface area contributed by atoms with Crippen molar-refractivity contribution in [3.8, 4) is 0 Å². The van der Waals surface area contributed by atoms with E-state index in [2.05, 4.69) is 11.4 Å². The molecule has 0 bridgehead atoms. The normalized spacial score (nSPS) is 20.2. The lowest BCUT2D eigenvalue weighted by atomic mass is 10.0. The van der Waals surface area contributed by atoms with Crippen LogP contribution in [0, 0.1) is 0 Å². The first-order valence-electron chi connectivity index (χ1n) is 8.87. The average Bonchev–Trinajstić information content (AvgIpc) is 2.99. The van der Waals surface area contributed by atoms with Crippen LogP contribution in [0.1, 0.15) is 26.3 Å². The zero-order valence-corrected chi connectivity index (χ0v) is 16.2. The van der Waals surface area contributed by atoms with E-state index in [-0.39, 0.29) is 13.2 Å². The molecule has 0 unspecified atom stereocenters. The van der Waals surface area contributed by atoms with Gasteiger partial charge in [-0.05, 0) is 31.9 Å². The molecule has 1 aromatic rings. The summed E-state index contributed by atoms with van der Waals surface area (Å²) in [6.45, 7) is 9.28. The second kappa shape index (κ2) is 9.52. The van der Waals surface area contributed by atoms with Crippen LogP contribution in [0.5, 0.6) is 0 Å². The van der Waals surface area contributed by atoms with Crippen LogP contribution in [-0.4, -0.2) is 53.5 Å². The molecule has 0 aliphatic carbocycles. The van der Waals surface area contributed by atoms with Crippen molar-refractivity contribution in [2.75, 3.05) is 13.2 Å². The third kappa shape index (κ3) is 5.43. The zero-order chi connectivity index (χ0) is 20.7. The maximum Gasteiger partial charge on any atom is 0.444 e. The predicted molar refractivity (Wildman–Crippen MR) is 99.3 cm³/mol. The zero-order valence-electron chi connectivity index (χ0n) is 16.2. The summed E-state index contributed by atoms with van der Waals surface area (Å²) in [7, 11) is 0. The number of esters is 1. The monoisotopic (exact) mass is 388 g/mol. The van der Waals surface area contributed by atoms with Crippen LogP contribution in [0.15, 0.2) is 42.5 Å². The van der Waals surface area contributed by atoms with Gasteiger partial charge in [0.15, 0.2) is 11.9 Å². The van der Waals surface area contributed by atoms with Gasteiger partial charge in [-0.3, -0.25) is 4.79 Å². The molecule has 8 nitrogen and oxygen atoms in total. The number of benzene rings is 1. The van der Waals surface area contributed by atoms with Crippen molar-refractivity contribution in [1.29, 1.82) is 0 Å². The molecule has 0 spiro atoms. The molecule has 0 saturated carbocycles. The number of rotatable bonds is 9. The number of ether oxygens (including phenoxy) is 4. The topological polar surface area (TPSA) is 107 Å². The number of hydrogen-bond acceptors (Lipinski definition) is 6. The molecule has 0 N–H and O–H groups in total. The average molecular weight is 388 g/mol. The third-order valence-corrected chi connectivity index (χ3v) is 3.96. The van der Waals surface area contributed by atoms with E-state index in [0.717, 1.165) is 5.56 Å². The molecular weight excluding hydrogens is 364 g/mol. The summed E-state index contributed by atoms with van der Waals surface area (Å²) >= 11 is 0. The standard InChI is InChI=1S/C20H24N2O6/c1-5-26-19(24)15(22-21)16(23)18-17(27-20(3,4)28-18)13(2)11-25-12-14-9-7-6-8-10-14/h6-10,17-18H,2,5,11-12H2,1,3-4H3/t17-,18+/m1/s1. The lowest BCUT2D eigenvalue weighted by Gasteiger charge is -2.18. The molecule has 0 aromatic heterocycles. The predicted octanol–water partition coefficient (Wildman–Crippen LogP) is 2.08. The van der Waals surface area contributed by atoms with Gasteiger partial charge in [0.2, 0.25) is 0 Å². The van der Waals surface area contributed by atoms with Gasteiger partial charge in [0.25, 0.3) is 5.78 Å². The van der Waals surface area contributed by atoms with E-state index in [1.807, 2.05) is 30.3 Å². The van der Waals surface area contributed by atoms with Crippen LogP contribution >= 0.6 is 0 Å². The molecular formula is C20H24N2O6. The lowest BCUT2D eigenvalue weighted by Crippen LogP contribution is -2.42. The largest absolute Gasteiger partial charge is 0.457 e. The van der Waals surface area contributed by atoms with Gasteiger partial charge in [-0.15, -0.1) is 0 Å². The van der Waals surface area contributed by atoms with Crippen molar-refractivity contribution < 1.29 is 33.3 Å². The number of nitrogens with zero attached hydrogens (tertiary/aromatic N) is 2. The van der Waals surface area contributed by atoms with E-state index < -0.39 is 35.5 Å². The first-order chi connectivity index (χ1) is 13.3. The highest BCUT2D eigenvalue weighted by Gasteiger charge is 2.51. The summed E-state index contributed by atoms with van der Waals surface area (Å²) in [4.78, 5) is 27.4. The minimum absolute atomic E-state index is 0.0299. The van der Waals surface area contributed by atoms with Gasteiger partial charge in [0, 0.05) is 0 Å². The van der Waals surface area contributed by atoms with E-state index in [9.17, 15) is 9.59 Å². The van der Waals surface area contributed by atoms with Crippen molar-refractivity contribution in [3.63, 3.8) is 0 Å². The van der Waals surface area contributed by atoms with E-state index >= 15 is 0 Å². The van der Waals surface area contributed by atoms with Crippen LogP contribution in [0.2, 0.25) is 0 Å². The number of Topliss-reactive ketones (excluding diaryl/α,β-unsaturated/α-hetero) is 1. The fraction of sp³-hybridized carbons (Fsp3) is 0.450. The van der Waals surface area contributed by atoms with Gasteiger partial charge in [0.1, 0.15) is 6.10 Å². The number of carbonyl (C=O) groups is 2. The van der Waals surface area contributed by atoms with Crippen molar-refractivity contribution in [2.45, 2.75) is 45.4 Å². The van der Waals surface area contributed by atoms with Crippen LogP contribution in [-0.2, 0) is 35.1 Å². The number of carbonyl (C=O) groups excluding carboxylic acids is 2. The minimum atomic E-state index is -1.21. The molecule has 150 valence electrons. The lowest BCUT2D eigenvalue weighted by molar-refractivity contribution is -0.154. The van der Waals surface area contributed by atoms with E-state index in [4.69, 9.17) is 24.5 Å². The summed E-state index contributed by atoms with van der Waals surface area (Å²) in [6, 6.07) is 9.58. The highest BCUT2D eigenvalue weighted by atomic mass is 16.8. The summed E-state index contributed by atoms with van der Waals surface area (Å²) < 4.78 is 21.8. The summed E-state index contributed by atoms with van der Waals surface area (Å²) in [5.41, 5.74) is 9.79. The van der Waals surface area contributed by atoms with Crippen LogP contribution in [0.25, 0.3) is 5.53 Å². The molecule has 0 radical (unpaired) electrons. The molecule has 28 heavy (non-hydrogen) atoms. The first kappa shape index (κ1) is 21.7. The molecule has 1 heterocycles. The second-order valence-electron chi connectivity index (χ2n) is 6.65. The molecule has 1 aliphatic heterocycles. The highest BCUT2D eigenvalue weighted by molar-refractivity contribution is 6.63. The molecule has 1 aliphatic rings. The van der Waals surface area contributed by atoms with E-state index in [1.54, 1.807) is 20.8 Å². The second-order valence-corrected chi connectivity index (χ2v) is 6.65. The Kier molecular flexibility index (Phi) is 7.37. The smallest absolute Gasteiger partial charge is 0.444 e. The van der Waals surface area contributed by atoms with Gasteiger partial charge < -0.3 is 24.5 Å². The fourth-order valence-corrected chi connectivity index (χ4v) is 2.73. The summed E-state index contributed by atoms with van der Waals surface area (Å²) in [5.74, 6) is -2.98. The quantitative estimate of drug-likeness (QED) is 0.160. The molecule has 2 rings (SSSR count). The van der Waals surface area contributed by atoms with Crippen LogP contribution in [0.3, 0.4) is 0 Å². The molecule has 0 amide bonds. The Labute approximate surface area is 163 Å². The van der Waals surface area contributed by atoms with Crippen molar-refractivity contribution in [2.24, 2.45) is 0 Å². The minimum Gasteiger partial charge on any atom is -0.457 e. The summed E-state index contributed by atoms with van der Waals surface area (Å²) in [6.07, 6.45) is -2.08. The van der Waals surface area contributed by atoms with Crippen molar-refractivity contribution >= 4 is 17.5 Å². The molecule has 1 fully saturated rings. The third-order valence-electron chi connectivity index (χ3n) is 3.96. The maximum absolute atomic E-state index is 12.7. The van der Waals surface area contributed by atoms with Crippen molar-refractivity contribution in [3.05, 3.63) is 53.6 Å². The van der Waals surface area contributed by atoms with Crippen LogP contribution < -0.4 is 0 Å². The van der Waals surface area contributed by atoms with E-state index in [1.165, 1.54) is 0 Å². The summed E-state index contributed by atoms with van der Waals surface area (Å²) in [5, 5.41) is 0. The van der Waals surface area contributed by atoms with Gasteiger partial charge in [-0.25, -0.2) is 4.79 Å². The first-order valence-corrected chi connectivity index (χ1v) is 8.87.